The highest BCUT2D eigenvalue weighted by atomic mass is 19.1. The summed E-state index contributed by atoms with van der Waals surface area (Å²) in [6.45, 7) is 0. The number of halogens is 2. The van der Waals surface area contributed by atoms with Gasteiger partial charge in [-0.3, -0.25) is 4.79 Å². The van der Waals surface area contributed by atoms with Gasteiger partial charge in [0.1, 0.15) is 5.82 Å². The molecule has 1 amide bonds. The molecule has 4 nitrogen and oxygen atoms in total. The summed E-state index contributed by atoms with van der Waals surface area (Å²) in [6, 6.07) is 7.70. The van der Waals surface area contributed by atoms with E-state index in [0.717, 1.165) is 23.7 Å². The van der Waals surface area contributed by atoms with E-state index in [2.05, 4.69) is 16.4 Å². The predicted octanol–water partition coefficient (Wildman–Crippen LogP) is 2.65. The summed E-state index contributed by atoms with van der Waals surface area (Å²) < 4.78 is 26.4. The van der Waals surface area contributed by atoms with E-state index in [0.29, 0.717) is 18.1 Å². The fourth-order valence-corrected chi connectivity index (χ4v) is 2.65. The Labute approximate surface area is 125 Å². The van der Waals surface area contributed by atoms with Crippen molar-refractivity contribution >= 4 is 5.91 Å². The van der Waals surface area contributed by atoms with E-state index in [1.165, 1.54) is 0 Å². The van der Waals surface area contributed by atoms with Crippen LogP contribution in [-0.2, 0) is 6.42 Å². The van der Waals surface area contributed by atoms with E-state index in [9.17, 15) is 13.6 Å². The summed E-state index contributed by atoms with van der Waals surface area (Å²) in [6.07, 6.45) is 2.20. The van der Waals surface area contributed by atoms with E-state index in [4.69, 9.17) is 5.26 Å². The summed E-state index contributed by atoms with van der Waals surface area (Å²) in [5.74, 6) is -2.50. The number of nitrogens with zero attached hydrogens (tertiary/aromatic N) is 2. The fraction of sp³-hybridized carbons (Fsp3) is 0.188. The Kier molecular flexibility index (Phi) is 3.55. The molecule has 0 bridgehead atoms. The first-order valence-corrected chi connectivity index (χ1v) is 6.73. The Morgan fingerprint density at radius 2 is 2.18 bits per heavy atom. The lowest BCUT2D eigenvalue weighted by atomic mass is 10.1. The molecular formula is C16H11F2N3O. The zero-order chi connectivity index (χ0) is 15.7. The maximum Gasteiger partial charge on any atom is 0.273 e. The summed E-state index contributed by atoms with van der Waals surface area (Å²) in [7, 11) is 0. The summed E-state index contributed by atoms with van der Waals surface area (Å²) in [4.78, 5) is 15.6. The average Bonchev–Trinajstić information content (AvgIpc) is 2.89. The van der Waals surface area contributed by atoms with E-state index >= 15 is 0 Å². The number of carbonyl (C=O) groups excluding carboxylic acids is 1. The number of hydrogen-bond acceptors (Lipinski definition) is 3. The summed E-state index contributed by atoms with van der Waals surface area (Å²) in [5, 5.41) is 11.6. The van der Waals surface area contributed by atoms with Gasteiger partial charge in [-0.25, -0.2) is 13.8 Å². The standard InChI is InChI=1S/C16H11F2N3O/c17-11-6-13(18)15(20-8-11)16(22)21-14-4-2-10-5-9(7-19)1-3-12(10)14/h1,3,5-6,8,14H,2,4H2,(H,21,22)/t14-/m1/s1. The highest BCUT2D eigenvalue weighted by molar-refractivity contribution is 5.92. The Morgan fingerprint density at radius 1 is 1.36 bits per heavy atom. The minimum atomic E-state index is -0.990. The SMILES string of the molecule is N#Cc1ccc2c(c1)CC[C@H]2NC(=O)c1ncc(F)cc1F. The zero-order valence-corrected chi connectivity index (χ0v) is 11.4. The second kappa shape index (κ2) is 5.53. The van der Waals surface area contributed by atoms with Crippen LogP contribution in [0.2, 0.25) is 0 Å². The van der Waals surface area contributed by atoms with Crippen molar-refractivity contribution in [3.05, 3.63) is 64.5 Å². The van der Waals surface area contributed by atoms with Crippen LogP contribution in [0.15, 0.2) is 30.5 Å². The van der Waals surface area contributed by atoms with Crippen LogP contribution in [0.5, 0.6) is 0 Å². The number of amides is 1. The Balaban J connectivity index is 1.81. The molecule has 6 heteroatoms. The number of nitrogens with one attached hydrogen (secondary N) is 1. The quantitative estimate of drug-likeness (QED) is 0.927. The van der Waals surface area contributed by atoms with Gasteiger partial charge >= 0.3 is 0 Å². The topological polar surface area (TPSA) is 65.8 Å². The number of fused-ring (bicyclic) bond motifs is 1. The van der Waals surface area contributed by atoms with Gasteiger partial charge < -0.3 is 5.32 Å². The summed E-state index contributed by atoms with van der Waals surface area (Å²) >= 11 is 0. The van der Waals surface area contributed by atoms with Gasteiger partial charge in [0.2, 0.25) is 0 Å². The minimum absolute atomic E-state index is 0.263. The van der Waals surface area contributed by atoms with E-state index in [1.807, 2.05) is 0 Å². The van der Waals surface area contributed by atoms with Crippen LogP contribution in [0, 0.1) is 23.0 Å². The molecule has 0 aliphatic heterocycles. The maximum absolute atomic E-state index is 13.6. The highest BCUT2D eigenvalue weighted by Gasteiger charge is 2.26. The molecule has 1 atom stereocenters. The third-order valence-corrected chi connectivity index (χ3v) is 3.68. The molecule has 22 heavy (non-hydrogen) atoms. The number of aryl methyl sites for hydroxylation is 1. The molecule has 0 radical (unpaired) electrons. The van der Waals surface area contributed by atoms with Crippen molar-refractivity contribution in [3.63, 3.8) is 0 Å². The maximum atomic E-state index is 13.6. The molecule has 110 valence electrons. The largest absolute Gasteiger partial charge is 0.344 e. The smallest absolute Gasteiger partial charge is 0.273 e. The van der Waals surface area contributed by atoms with Gasteiger partial charge in [0.15, 0.2) is 11.5 Å². The van der Waals surface area contributed by atoms with Gasteiger partial charge in [-0.1, -0.05) is 6.07 Å². The van der Waals surface area contributed by atoms with Crippen LogP contribution in [0.4, 0.5) is 8.78 Å². The van der Waals surface area contributed by atoms with Gasteiger partial charge in [0.05, 0.1) is 23.9 Å². The number of carbonyl (C=O) groups is 1. The Morgan fingerprint density at radius 3 is 2.91 bits per heavy atom. The van der Waals surface area contributed by atoms with Crippen LogP contribution in [-0.4, -0.2) is 10.9 Å². The van der Waals surface area contributed by atoms with Gasteiger partial charge in [0.25, 0.3) is 5.91 Å². The summed E-state index contributed by atoms with van der Waals surface area (Å²) in [5.41, 5.74) is 2.05. The van der Waals surface area contributed by atoms with Gasteiger partial charge in [-0.2, -0.15) is 5.26 Å². The van der Waals surface area contributed by atoms with Crippen molar-refractivity contribution in [3.8, 4) is 6.07 Å². The van der Waals surface area contributed by atoms with Crippen LogP contribution < -0.4 is 5.32 Å². The number of aromatic nitrogens is 1. The van der Waals surface area contributed by atoms with Crippen LogP contribution in [0.3, 0.4) is 0 Å². The van der Waals surface area contributed by atoms with Crippen LogP contribution in [0.25, 0.3) is 0 Å². The predicted molar refractivity (Wildman–Crippen MR) is 73.8 cm³/mol. The molecule has 0 saturated carbocycles. The monoisotopic (exact) mass is 299 g/mol. The number of pyridine rings is 1. The zero-order valence-electron chi connectivity index (χ0n) is 11.4. The van der Waals surface area contributed by atoms with Crippen LogP contribution >= 0.6 is 0 Å². The lowest BCUT2D eigenvalue weighted by Crippen LogP contribution is -2.28. The molecule has 1 heterocycles. The molecule has 1 aliphatic carbocycles. The van der Waals surface area contributed by atoms with E-state index in [1.54, 1.807) is 18.2 Å². The number of benzene rings is 1. The molecular weight excluding hydrogens is 288 g/mol. The normalized spacial score (nSPS) is 16.0. The van der Waals surface area contributed by atoms with E-state index in [-0.39, 0.29) is 6.04 Å². The lowest BCUT2D eigenvalue weighted by Gasteiger charge is -2.14. The van der Waals surface area contributed by atoms with E-state index < -0.39 is 23.2 Å². The van der Waals surface area contributed by atoms with Crippen molar-refractivity contribution in [2.45, 2.75) is 18.9 Å². The molecule has 1 aromatic carbocycles. The van der Waals surface area contributed by atoms with Gasteiger partial charge in [0, 0.05) is 6.07 Å². The molecule has 1 aliphatic rings. The molecule has 1 N–H and O–H groups in total. The molecule has 0 fully saturated rings. The Bertz CT molecular complexity index is 798. The van der Waals surface area contributed by atoms with Crippen molar-refractivity contribution in [1.82, 2.24) is 10.3 Å². The fourth-order valence-electron chi connectivity index (χ4n) is 2.65. The van der Waals surface area contributed by atoms with Gasteiger partial charge in [-0.15, -0.1) is 0 Å². The second-order valence-corrected chi connectivity index (χ2v) is 5.07. The Hall–Kier alpha value is -2.81. The minimum Gasteiger partial charge on any atom is -0.344 e. The molecule has 0 unspecified atom stereocenters. The average molecular weight is 299 g/mol. The number of nitriles is 1. The lowest BCUT2D eigenvalue weighted by molar-refractivity contribution is 0.0927. The molecule has 0 saturated heterocycles. The van der Waals surface area contributed by atoms with Crippen molar-refractivity contribution in [2.75, 3.05) is 0 Å². The molecule has 0 spiro atoms. The highest BCUT2D eigenvalue weighted by Crippen LogP contribution is 2.31. The van der Waals surface area contributed by atoms with Crippen molar-refractivity contribution in [2.24, 2.45) is 0 Å². The first-order chi connectivity index (χ1) is 10.6. The van der Waals surface area contributed by atoms with Crippen molar-refractivity contribution < 1.29 is 13.6 Å². The third-order valence-electron chi connectivity index (χ3n) is 3.68. The third kappa shape index (κ3) is 2.53. The molecule has 2 aromatic rings. The van der Waals surface area contributed by atoms with Crippen LogP contribution in [0.1, 0.15) is 39.6 Å². The number of rotatable bonds is 2. The first-order valence-electron chi connectivity index (χ1n) is 6.73. The molecule has 3 rings (SSSR count). The van der Waals surface area contributed by atoms with Crippen molar-refractivity contribution in [1.29, 1.82) is 5.26 Å². The molecule has 1 aromatic heterocycles. The van der Waals surface area contributed by atoms with Gasteiger partial charge in [-0.05, 0) is 36.1 Å². The first kappa shape index (κ1) is 14.1. The number of hydrogen-bond donors (Lipinski definition) is 1. The second-order valence-electron chi connectivity index (χ2n) is 5.07.